The Hall–Kier alpha value is -3.54. The number of hydrogen-bond acceptors (Lipinski definition) is 8. The first-order chi connectivity index (χ1) is 20.5. The fourth-order valence-electron chi connectivity index (χ4n) is 6.65. The maximum absolute atomic E-state index is 14.3. The van der Waals surface area contributed by atoms with Crippen molar-refractivity contribution in [3.05, 3.63) is 103 Å². The lowest BCUT2D eigenvalue weighted by atomic mass is 9.73. The van der Waals surface area contributed by atoms with Crippen LogP contribution >= 0.6 is 23.2 Å². The summed E-state index contributed by atoms with van der Waals surface area (Å²) in [7, 11) is 1.21. The van der Waals surface area contributed by atoms with Gasteiger partial charge in [-0.15, -0.1) is 0 Å². The molecule has 226 valence electrons. The number of hydrogen-bond donors (Lipinski definition) is 3. The number of ether oxygens (including phenoxy) is 1. The molecule has 0 aromatic heterocycles. The number of nitro benzene ring substituents is 1. The largest absolute Gasteiger partial charge is 0.465 e. The van der Waals surface area contributed by atoms with Gasteiger partial charge < -0.3 is 20.5 Å². The van der Waals surface area contributed by atoms with Gasteiger partial charge in [0, 0.05) is 58.0 Å². The molecule has 0 unspecified atom stereocenters. The second kappa shape index (κ2) is 12.2. The lowest BCUT2D eigenvalue weighted by Gasteiger charge is -2.40. The molecule has 1 saturated heterocycles. The number of carbonyl (C=O) groups excluding carboxylic acids is 2. The third kappa shape index (κ3) is 5.38. The number of nitrogens with zero attached hydrogens (tertiary/aromatic N) is 2. The van der Waals surface area contributed by atoms with Gasteiger partial charge in [0.1, 0.15) is 5.54 Å². The summed E-state index contributed by atoms with van der Waals surface area (Å²) >= 11 is 12.8. The number of esters is 1. The number of nitro groups is 1. The van der Waals surface area contributed by atoms with Crippen molar-refractivity contribution in [1.82, 2.24) is 10.2 Å². The van der Waals surface area contributed by atoms with Crippen LogP contribution in [0, 0.1) is 16.0 Å². The summed E-state index contributed by atoms with van der Waals surface area (Å²) in [5.41, 5.74) is 0.972. The minimum absolute atomic E-state index is 0.0245. The first kappa shape index (κ1) is 30.9. The van der Waals surface area contributed by atoms with E-state index in [-0.39, 0.29) is 36.2 Å². The second-order valence-electron chi connectivity index (χ2n) is 11.2. The normalized spacial score (nSPS) is 23.0. The van der Waals surface area contributed by atoms with Crippen molar-refractivity contribution in [3.63, 3.8) is 0 Å². The molecule has 2 aliphatic heterocycles. The Bertz CT molecular complexity index is 1580. The van der Waals surface area contributed by atoms with Gasteiger partial charge in [0.25, 0.3) is 5.69 Å². The first-order valence-electron chi connectivity index (χ1n) is 13.9. The van der Waals surface area contributed by atoms with Crippen molar-refractivity contribution in [2.45, 2.75) is 43.9 Å². The van der Waals surface area contributed by atoms with Gasteiger partial charge >= 0.3 is 5.97 Å². The highest BCUT2D eigenvalue weighted by atomic mass is 35.5. The minimum Gasteiger partial charge on any atom is -0.465 e. The number of carbonyl (C=O) groups is 2. The predicted octanol–water partition coefficient (Wildman–Crippen LogP) is 5.11. The van der Waals surface area contributed by atoms with Crippen LogP contribution < -0.4 is 10.6 Å². The SMILES string of the molecule is COC(=O)c1ccc(CN[C@H]2[C@@H](CO)N(CC(C)C)[C@]3(C(=O)Nc4cc(Cl)ccc43)[C@@H]2c2cccc(Cl)c2)c([N+](=O)[O-])c1. The molecule has 0 radical (unpaired) electrons. The highest BCUT2D eigenvalue weighted by Gasteiger charge is 2.66. The average molecular weight is 628 g/mol. The van der Waals surface area contributed by atoms with Crippen molar-refractivity contribution < 1.29 is 24.4 Å². The molecule has 3 N–H and O–H groups in total. The number of aliphatic hydroxyl groups excluding tert-OH is 1. The second-order valence-corrected chi connectivity index (χ2v) is 12.1. The molecule has 2 heterocycles. The number of rotatable bonds is 9. The van der Waals surface area contributed by atoms with E-state index >= 15 is 0 Å². The Kier molecular flexibility index (Phi) is 8.78. The van der Waals surface area contributed by atoms with Crippen LogP contribution in [-0.2, 0) is 21.6 Å². The van der Waals surface area contributed by atoms with E-state index in [2.05, 4.69) is 10.6 Å². The summed E-state index contributed by atoms with van der Waals surface area (Å²) in [5.74, 6) is -1.39. The number of methoxy groups -OCH3 is 1. The smallest absolute Gasteiger partial charge is 0.338 e. The quantitative estimate of drug-likeness (QED) is 0.169. The lowest BCUT2D eigenvalue weighted by molar-refractivity contribution is -0.385. The number of amides is 1. The molecule has 1 fully saturated rings. The van der Waals surface area contributed by atoms with E-state index in [0.717, 1.165) is 11.1 Å². The van der Waals surface area contributed by atoms with Crippen LogP contribution in [0.4, 0.5) is 11.4 Å². The van der Waals surface area contributed by atoms with Crippen LogP contribution in [-0.4, -0.2) is 59.2 Å². The van der Waals surface area contributed by atoms with E-state index < -0.39 is 34.4 Å². The third-order valence-electron chi connectivity index (χ3n) is 8.25. The van der Waals surface area contributed by atoms with E-state index in [0.29, 0.717) is 27.8 Å². The monoisotopic (exact) mass is 626 g/mol. The third-order valence-corrected chi connectivity index (χ3v) is 8.72. The van der Waals surface area contributed by atoms with Crippen molar-refractivity contribution in [2.75, 3.05) is 25.6 Å². The summed E-state index contributed by atoms with van der Waals surface area (Å²) in [6, 6.07) is 15.6. The molecule has 2 aliphatic rings. The zero-order valence-electron chi connectivity index (χ0n) is 23.8. The maximum atomic E-state index is 14.3. The highest BCUT2D eigenvalue weighted by molar-refractivity contribution is 6.31. The van der Waals surface area contributed by atoms with Gasteiger partial charge in [-0.3, -0.25) is 19.8 Å². The van der Waals surface area contributed by atoms with E-state index in [1.807, 2.05) is 43.0 Å². The van der Waals surface area contributed by atoms with Gasteiger partial charge in [-0.2, -0.15) is 0 Å². The fourth-order valence-corrected chi connectivity index (χ4v) is 7.02. The van der Waals surface area contributed by atoms with E-state index in [4.69, 9.17) is 27.9 Å². The van der Waals surface area contributed by atoms with Crippen LogP contribution in [0.1, 0.15) is 46.8 Å². The van der Waals surface area contributed by atoms with E-state index in [9.17, 15) is 24.8 Å². The number of nitrogens with one attached hydrogen (secondary N) is 2. The Morgan fingerprint density at radius 3 is 2.56 bits per heavy atom. The molecular weight excluding hydrogens is 595 g/mol. The summed E-state index contributed by atoms with van der Waals surface area (Å²) in [4.78, 5) is 39.9. The standard InChI is InChI=1S/C31H32Cl2N4O6/c1-17(2)15-36-26(16-38)28(34-14-20-8-7-19(29(39)43-3)12-25(20)37(41)42)27(18-5-4-6-21(32)11-18)31(36)23-10-9-22(33)13-24(23)35-30(31)40/h4-13,17,26-28,34,38H,14-16H2,1-3H3,(H,35,40)/t26-,27-,28+,31+/m1/s1. The van der Waals surface area contributed by atoms with Gasteiger partial charge in [0.05, 0.1) is 30.2 Å². The van der Waals surface area contributed by atoms with Crippen LogP contribution in [0.5, 0.6) is 0 Å². The number of halogens is 2. The molecule has 0 saturated carbocycles. The van der Waals surface area contributed by atoms with Crippen LogP contribution in [0.25, 0.3) is 0 Å². The molecule has 5 rings (SSSR count). The summed E-state index contributed by atoms with van der Waals surface area (Å²) < 4.78 is 4.73. The van der Waals surface area contributed by atoms with E-state index in [1.54, 1.807) is 18.2 Å². The van der Waals surface area contributed by atoms with Gasteiger partial charge in [-0.05, 0) is 41.8 Å². The molecule has 3 aromatic carbocycles. The molecule has 4 atom stereocenters. The number of likely N-dealkylation sites (tertiary alicyclic amines) is 1. The van der Waals surface area contributed by atoms with Crippen LogP contribution in [0.2, 0.25) is 10.0 Å². The Morgan fingerprint density at radius 2 is 1.91 bits per heavy atom. The van der Waals surface area contributed by atoms with Gasteiger partial charge in [-0.25, -0.2) is 4.79 Å². The maximum Gasteiger partial charge on any atom is 0.338 e. The fraction of sp³-hybridized carbons (Fsp3) is 0.355. The number of aliphatic hydroxyl groups is 1. The minimum atomic E-state index is -1.25. The van der Waals surface area contributed by atoms with Crippen LogP contribution in [0.15, 0.2) is 60.7 Å². The molecule has 0 aliphatic carbocycles. The predicted molar refractivity (Wildman–Crippen MR) is 163 cm³/mol. The molecule has 3 aromatic rings. The van der Waals surface area contributed by atoms with Crippen molar-refractivity contribution in [2.24, 2.45) is 5.92 Å². The zero-order valence-corrected chi connectivity index (χ0v) is 25.4. The van der Waals surface area contributed by atoms with Gasteiger partial charge in [0.15, 0.2) is 0 Å². The molecule has 10 nitrogen and oxygen atoms in total. The topological polar surface area (TPSA) is 134 Å². The number of anilines is 1. The van der Waals surface area contributed by atoms with Crippen LogP contribution in [0.3, 0.4) is 0 Å². The summed E-state index contributed by atoms with van der Waals surface area (Å²) in [6.07, 6.45) is 0. The molecule has 12 heteroatoms. The lowest BCUT2D eigenvalue weighted by Crippen LogP contribution is -2.53. The van der Waals surface area contributed by atoms with Gasteiger partial charge in [-0.1, -0.05) is 61.3 Å². The van der Waals surface area contributed by atoms with E-state index in [1.165, 1.54) is 25.3 Å². The van der Waals surface area contributed by atoms with Gasteiger partial charge in [0.2, 0.25) is 5.91 Å². The Balaban J connectivity index is 1.67. The molecule has 0 bridgehead atoms. The molecule has 1 spiro atoms. The zero-order chi connectivity index (χ0) is 31.1. The summed E-state index contributed by atoms with van der Waals surface area (Å²) in [5, 5.41) is 30.4. The Labute approximate surface area is 259 Å². The number of benzene rings is 3. The Morgan fingerprint density at radius 1 is 1.16 bits per heavy atom. The molecular formula is C31H32Cl2N4O6. The number of fused-ring (bicyclic) bond motifs is 2. The molecule has 43 heavy (non-hydrogen) atoms. The average Bonchev–Trinajstić information content (AvgIpc) is 3.40. The highest BCUT2D eigenvalue weighted by Crippen LogP contribution is 2.57. The molecule has 1 amide bonds. The van der Waals surface area contributed by atoms with Crippen molar-refractivity contribution in [3.8, 4) is 0 Å². The van der Waals surface area contributed by atoms with Crippen molar-refractivity contribution >= 4 is 46.5 Å². The van der Waals surface area contributed by atoms with Crippen molar-refractivity contribution in [1.29, 1.82) is 0 Å². The first-order valence-corrected chi connectivity index (χ1v) is 14.6. The summed E-state index contributed by atoms with van der Waals surface area (Å²) in [6.45, 7) is 4.29.